The minimum atomic E-state index is 0.521. The van der Waals surface area contributed by atoms with E-state index in [0.29, 0.717) is 16.5 Å². The fourth-order valence-electron chi connectivity index (χ4n) is 1.96. The molecule has 2 aromatic rings. The van der Waals surface area contributed by atoms with Gasteiger partial charge in [-0.05, 0) is 25.1 Å². The Morgan fingerprint density at radius 2 is 2.10 bits per heavy atom. The molecule has 0 bridgehead atoms. The third-order valence-corrected chi connectivity index (χ3v) is 4.19. The molecule has 1 N–H and O–H groups in total. The van der Waals surface area contributed by atoms with Gasteiger partial charge in [0.25, 0.3) is 0 Å². The molecule has 1 heterocycles. The maximum Gasteiger partial charge on any atom is 0.179 e. The summed E-state index contributed by atoms with van der Waals surface area (Å²) in [6.07, 6.45) is 1.11. The van der Waals surface area contributed by atoms with Crippen LogP contribution < -0.4 is 14.8 Å². The van der Waals surface area contributed by atoms with Crippen LogP contribution in [-0.2, 0) is 6.54 Å². The van der Waals surface area contributed by atoms with Crippen molar-refractivity contribution in [1.29, 1.82) is 0 Å². The number of aromatic nitrogens is 1. The number of benzene rings is 1. The molecule has 0 unspecified atom stereocenters. The molecule has 1 aromatic carbocycles. The monoisotopic (exact) mass is 326 g/mol. The minimum absolute atomic E-state index is 0.521. The van der Waals surface area contributed by atoms with Crippen LogP contribution >= 0.6 is 22.9 Å². The van der Waals surface area contributed by atoms with E-state index in [1.807, 2.05) is 12.1 Å². The summed E-state index contributed by atoms with van der Waals surface area (Å²) in [6.45, 7) is 3.92. The maximum absolute atomic E-state index is 6.23. The summed E-state index contributed by atoms with van der Waals surface area (Å²) in [4.78, 5) is 4.63. The van der Waals surface area contributed by atoms with Crippen LogP contribution in [0.15, 0.2) is 17.5 Å². The first-order valence-corrected chi connectivity index (χ1v) is 8.02. The van der Waals surface area contributed by atoms with E-state index in [2.05, 4.69) is 22.6 Å². The molecule has 0 amide bonds. The largest absolute Gasteiger partial charge is 0.493 e. The first-order chi connectivity index (χ1) is 10.2. The molecule has 0 radical (unpaired) electrons. The molecular formula is C15H19ClN2O2S. The highest BCUT2D eigenvalue weighted by atomic mass is 35.5. The van der Waals surface area contributed by atoms with E-state index < -0.39 is 0 Å². The van der Waals surface area contributed by atoms with Gasteiger partial charge in [-0.1, -0.05) is 18.5 Å². The predicted octanol–water partition coefficient (Wildman–Crippen LogP) is 3.98. The van der Waals surface area contributed by atoms with Gasteiger partial charge in [-0.25, -0.2) is 4.98 Å². The summed E-state index contributed by atoms with van der Waals surface area (Å²) in [5.74, 6) is 1.16. The first kappa shape index (κ1) is 16.1. The predicted molar refractivity (Wildman–Crippen MR) is 87.7 cm³/mol. The van der Waals surface area contributed by atoms with Crippen molar-refractivity contribution in [1.82, 2.24) is 10.3 Å². The molecule has 0 atom stereocenters. The summed E-state index contributed by atoms with van der Waals surface area (Å²) in [7, 11) is 3.17. The van der Waals surface area contributed by atoms with Gasteiger partial charge < -0.3 is 14.8 Å². The van der Waals surface area contributed by atoms with Gasteiger partial charge >= 0.3 is 0 Å². The molecule has 2 rings (SSSR count). The zero-order chi connectivity index (χ0) is 15.2. The minimum Gasteiger partial charge on any atom is -0.493 e. The zero-order valence-electron chi connectivity index (χ0n) is 12.4. The number of nitrogens with one attached hydrogen (secondary N) is 1. The van der Waals surface area contributed by atoms with Crippen molar-refractivity contribution in [2.75, 3.05) is 20.8 Å². The van der Waals surface area contributed by atoms with Crippen molar-refractivity contribution in [2.45, 2.75) is 19.9 Å². The molecule has 4 nitrogen and oxygen atoms in total. The van der Waals surface area contributed by atoms with E-state index in [1.54, 1.807) is 25.6 Å². The van der Waals surface area contributed by atoms with Crippen molar-refractivity contribution in [3.8, 4) is 22.1 Å². The van der Waals surface area contributed by atoms with Gasteiger partial charge in [0.15, 0.2) is 11.5 Å². The number of halogens is 1. The highest BCUT2D eigenvalue weighted by Crippen LogP contribution is 2.39. The Bertz CT molecular complexity index is 601. The van der Waals surface area contributed by atoms with Crippen molar-refractivity contribution in [3.63, 3.8) is 0 Å². The molecule has 0 spiro atoms. The fraction of sp³-hybridized carbons (Fsp3) is 0.400. The van der Waals surface area contributed by atoms with Crippen LogP contribution in [0.3, 0.4) is 0 Å². The van der Waals surface area contributed by atoms with E-state index in [-0.39, 0.29) is 0 Å². The Hall–Kier alpha value is -1.30. The van der Waals surface area contributed by atoms with Crippen LogP contribution in [0, 0.1) is 0 Å². The summed E-state index contributed by atoms with van der Waals surface area (Å²) < 4.78 is 10.6. The SMILES string of the molecule is CCCNCc1csc(-c2cc(Cl)c(OC)c(OC)c2)n1. The highest BCUT2D eigenvalue weighted by Gasteiger charge is 2.14. The second kappa shape index (κ2) is 7.64. The number of hydrogen-bond donors (Lipinski definition) is 1. The molecule has 0 aliphatic carbocycles. The molecule has 0 saturated carbocycles. The van der Waals surface area contributed by atoms with Crippen LogP contribution in [0.2, 0.25) is 5.02 Å². The summed E-state index contributed by atoms with van der Waals surface area (Å²) in [6, 6.07) is 3.75. The van der Waals surface area contributed by atoms with Gasteiger partial charge in [-0.3, -0.25) is 0 Å². The molecule has 0 aliphatic heterocycles. The van der Waals surface area contributed by atoms with Gasteiger partial charge in [-0.15, -0.1) is 11.3 Å². The van der Waals surface area contributed by atoms with Gasteiger partial charge in [0.1, 0.15) is 5.01 Å². The van der Waals surface area contributed by atoms with Gasteiger partial charge in [0.2, 0.25) is 0 Å². The van der Waals surface area contributed by atoms with Crippen LogP contribution in [0.4, 0.5) is 0 Å². The van der Waals surface area contributed by atoms with Crippen LogP contribution in [0.25, 0.3) is 10.6 Å². The normalized spacial score (nSPS) is 10.7. The molecule has 0 fully saturated rings. The first-order valence-electron chi connectivity index (χ1n) is 6.76. The Morgan fingerprint density at radius 1 is 1.29 bits per heavy atom. The lowest BCUT2D eigenvalue weighted by atomic mass is 10.2. The highest BCUT2D eigenvalue weighted by molar-refractivity contribution is 7.13. The van der Waals surface area contributed by atoms with Crippen molar-refractivity contribution in [3.05, 3.63) is 28.2 Å². The second-order valence-electron chi connectivity index (χ2n) is 4.51. The summed E-state index contributed by atoms with van der Waals surface area (Å²) in [5.41, 5.74) is 1.97. The number of hydrogen-bond acceptors (Lipinski definition) is 5. The third-order valence-electron chi connectivity index (χ3n) is 2.97. The third kappa shape index (κ3) is 3.87. The second-order valence-corrected chi connectivity index (χ2v) is 5.78. The van der Waals surface area contributed by atoms with E-state index in [9.17, 15) is 0 Å². The smallest absolute Gasteiger partial charge is 0.179 e. The average Bonchev–Trinajstić information content (AvgIpc) is 2.95. The number of ether oxygens (including phenoxy) is 2. The van der Waals surface area contributed by atoms with E-state index in [0.717, 1.165) is 35.8 Å². The summed E-state index contributed by atoms with van der Waals surface area (Å²) in [5, 5.41) is 6.84. The van der Waals surface area contributed by atoms with Crippen LogP contribution in [0.1, 0.15) is 19.0 Å². The Kier molecular flexibility index (Phi) is 5.85. The number of thiazole rings is 1. The molecule has 21 heavy (non-hydrogen) atoms. The molecule has 1 aromatic heterocycles. The van der Waals surface area contributed by atoms with Crippen molar-refractivity contribution in [2.24, 2.45) is 0 Å². The van der Waals surface area contributed by atoms with Crippen LogP contribution in [0.5, 0.6) is 11.5 Å². The maximum atomic E-state index is 6.23. The lowest BCUT2D eigenvalue weighted by Crippen LogP contribution is -2.13. The topological polar surface area (TPSA) is 43.4 Å². The lowest BCUT2D eigenvalue weighted by molar-refractivity contribution is 0.355. The molecule has 0 aliphatic rings. The number of nitrogens with zero attached hydrogens (tertiary/aromatic N) is 1. The standard InChI is InChI=1S/C15H19ClN2O2S/c1-4-5-17-8-11-9-21-15(18-11)10-6-12(16)14(20-3)13(7-10)19-2/h6-7,9,17H,4-5,8H2,1-3H3. The quantitative estimate of drug-likeness (QED) is 0.782. The van der Waals surface area contributed by atoms with E-state index in [1.165, 1.54) is 0 Å². The van der Waals surface area contributed by atoms with E-state index in [4.69, 9.17) is 21.1 Å². The summed E-state index contributed by atoms with van der Waals surface area (Å²) >= 11 is 7.83. The van der Waals surface area contributed by atoms with Gasteiger partial charge in [-0.2, -0.15) is 0 Å². The Labute approximate surface area is 134 Å². The zero-order valence-corrected chi connectivity index (χ0v) is 14.0. The van der Waals surface area contributed by atoms with Crippen LogP contribution in [-0.4, -0.2) is 25.7 Å². The van der Waals surface area contributed by atoms with E-state index >= 15 is 0 Å². The van der Waals surface area contributed by atoms with Gasteiger partial charge in [0, 0.05) is 17.5 Å². The average molecular weight is 327 g/mol. The fourth-order valence-corrected chi connectivity index (χ4v) is 3.05. The van der Waals surface area contributed by atoms with Gasteiger partial charge in [0.05, 0.1) is 24.9 Å². The molecule has 6 heteroatoms. The molecule has 0 saturated heterocycles. The Balaban J connectivity index is 2.24. The lowest BCUT2D eigenvalue weighted by Gasteiger charge is -2.10. The Morgan fingerprint density at radius 3 is 2.76 bits per heavy atom. The number of rotatable bonds is 7. The van der Waals surface area contributed by atoms with Crippen molar-refractivity contribution < 1.29 is 9.47 Å². The molecule has 114 valence electrons. The molecular weight excluding hydrogens is 308 g/mol. The van der Waals surface area contributed by atoms with Crippen molar-refractivity contribution >= 4 is 22.9 Å². The number of methoxy groups -OCH3 is 2.